The zero-order valence-electron chi connectivity index (χ0n) is 30.8. The zero-order chi connectivity index (χ0) is 33.1. The fourth-order valence-corrected chi connectivity index (χ4v) is 26.0. The maximum atomic E-state index is 11.8. The van der Waals surface area contributed by atoms with Gasteiger partial charge in [0.2, 0.25) is 25.0 Å². The first-order chi connectivity index (χ1) is 19.1. The molecule has 6 nitrogen and oxygen atoms in total. The number of aliphatic hydroxyl groups is 2. The topological polar surface area (TPSA) is 77.4 Å². The summed E-state index contributed by atoms with van der Waals surface area (Å²) in [4.78, 5) is 0. The van der Waals surface area contributed by atoms with Crippen molar-refractivity contribution < 1.29 is 28.2 Å². The van der Waals surface area contributed by atoms with Crippen LogP contribution in [0.4, 0.5) is 0 Å². The molecule has 0 spiro atoms. The predicted octanol–water partition coefficient (Wildman–Crippen LogP) is 9.38. The number of hydrogen-bond acceptors (Lipinski definition) is 6. The van der Waals surface area contributed by atoms with Crippen molar-refractivity contribution in [3.05, 3.63) is 0 Å². The van der Waals surface area contributed by atoms with E-state index in [0.29, 0.717) is 49.9 Å². The first-order valence-corrected chi connectivity index (χ1v) is 23.5. The lowest BCUT2D eigenvalue weighted by molar-refractivity contribution is -0.278. The highest BCUT2D eigenvalue weighted by Gasteiger charge is 2.59. The van der Waals surface area contributed by atoms with Crippen LogP contribution in [-0.2, 0) is 18.0 Å². The Bertz CT molecular complexity index is 733. The fourth-order valence-electron chi connectivity index (χ4n) is 9.38. The van der Waals surface area contributed by atoms with Gasteiger partial charge >= 0.3 is 0 Å². The van der Waals surface area contributed by atoms with Crippen LogP contribution in [0.25, 0.3) is 0 Å². The average molecular weight is 649 g/mol. The predicted molar refractivity (Wildman–Crippen MR) is 186 cm³/mol. The Morgan fingerprint density at radius 1 is 0.452 bits per heavy atom. The van der Waals surface area contributed by atoms with E-state index in [1.54, 1.807) is 0 Å². The lowest BCUT2D eigenvalue weighted by Gasteiger charge is -2.56. The smallest absolute Gasteiger partial charge is 0.201 e. The van der Waals surface area contributed by atoms with Gasteiger partial charge in [-0.25, -0.2) is 0 Å². The zero-order valence-corrected chi connectivity index (χ0v) is 33.8. The summed E-state index contributed by atoms with van der Waals surface area (Å²) in [5.41, 5.74) is 3.07. The molecule has 0 aromatic carbocycles. The van der Waals surface area contributed by atoms with Crippen LogP contribution < -0.4 is 0 Å². The molecule has 0 aliphatic carbocycles. The van der Waals surface area contributed by atoms with Crippen molar-refractivity contribution >= 4 is 25.0 Å². The van der Waals surface area contributed by atoms with Crippen LogP contribution in [-0.4, -0.2) is 72.5 Å². The molecule has 1 heterocycles. The van der Waals surface area contributed by atoms with Crippen molar-refractivity contribution in [1.29, 1.82) is 0 Å². The molecule has 0 aromatic heterocycles. The van der Waals surface area contributed by atoms with Gasteiger partial charge in [0, 0.05) is 0 Å². The first kappa shape index (κ1) is 40.4. The Morgan fingerprint density at radius 3 is 0.929 bits per heavy atom. The highest BCUT2D eigenvalue weighted by Crippen LogP contribution is 2.50. The normalized spacial score (nSPS) is 25.2. The summed E-state index contributed by atoms with van der Waals surface area (Å²) >= 11 is 0. The Labute approximate surface area is 264 Å². The Kier molecular flexibility index (Phi) is 15.2. The Morgan fingerprint density at radius 2 is 0.690 bits per heavy atom. The van der Waals surface area contributed by atoms with Gasteiger partial charge in [0.05, 0.1) is 6.61 Å². The summed E-state index contributed by atoms with van der Waals surface area (Å²) in [6, 6.07) is 0. The third kappa shape index (κ3) is 7.51. The molecule has 5 atom stereocenters. The summed E-state index contributed by atoms with van der Waals surface area (Å²) in [7, 11) is -7.34. The van der Waals surface area contributed by atoms with Crippen LogP contribution in [0, 0.1) is 0 Å². The number of aliphatic hydroxyl groups excluding tert-OH is 2. The molecule has 1 unspecified atom stereocenters. The van der Waals surface area contributed by atoms with Gasteiger partial charge in [0.15, 0.2) is 6.29 Å². The number of hydrogen-bond donors (Lipinski definition) is 2. The summed E-state index contributed by atoms with van der Waals surface area (Å²) in [5.74, 6) is 0. The molecule has 1 aliphatic heterocycles. The van der Waals surface area contributed by atoms with E-state index in [-0.39, 0.29) is 6.61 Å². The van der Waals surface area contributed by atoms with Crippen molar-refractivity contribution in [3.8, 4) is 0 Å². The Balaban J connectivity index is 4.10. The molecule has 0 bridgehead atoms. The molecule has 0 aromatic rings. The molecule has 0 saturated carbocycles. The molecular formula is C33H72O6Si3. The van der Waals surface area contributed by atoms with Crippen molar-refractivity contribution in [2.75, 3.05) is 6.61 Å². The third-order valence-electron chi connectivity index (χ3n) is 10.9. The van der Waals surface area contributed by atoms with Crippen molar-refractivity contribution in [2.45, 2.75) is 205 Å². The fraction of sp³-hybridized carbons (Fsp3) is 1.00. The molecule has 1 aliphatic rings. The van der Waals surface area contributed by atoms with E-state index in [2.05, 4.69) is 125 Å². The van der Waals surface area contributed by atoms with Crippen LogP contribution >= 0.6 is 0 Å². The number of rotatable bonds is 16. The van der Waals surface area contributed by atoms with Gasteiger partial charge in [-0.15, -0.1) is 0 Å². The van der Waals surface area contributed by atoms with Gasteiger partial charge in [0.25, 0.3) is 0 Å². The van der Waals surface area contributed by atoms with Crippen LogP contribution in [0.1, 0.15) is 125 Å². The van der Waals surface area contributed by atoms with E-state index < -0.39 is 55.7 Å². The van der Waals surface area contributed by atoms with Crippen LogP contribution in [0.3, 0.4) is 0 Å². The molecule has 1 rings (SSSR count). The monoisotopic (exact) mass is 648 g/mol. The molecule has 2 N–H and O–H groups in total. The largest absolute Gasteiger partial charge is 0.408 e. The maximum absolute atomic E-state index is 11.8. The van der Waals surface area contributed by atoms with E-state index >= 15 is 0 Å². The standard InChI is InChI=1S/C33H72O6Si3/c1-20(2)40(21(3)4,22(5)6)37-30-29(19-34)36-33(35)32(39-42(26(13)14,27(15)16)28(17)18)31(30)38-41(23(7)8,24(9)10)25(11)12/h20-35H,19H2,1-18H3/t29-,30-,31+,32-,33?/m1/s1. The Hall–Kier alpha value is 0.411. The van der Waals surface area contributed by atoms with Gasteiger partial charge in [-0.05, 0) is 49.9 Å². The van der Waals surface area contributed by atoms with E-state index in [1.165, 1.54) is 0 Å². The second-order valence-electron chi connectivity index (χ2n) is 15.9. The van der Waals surface area contributed by atoms with Crippen molar-refractivity contribution in [2.24, 2.45) is 0 Å². The average Bonchev–Trinajstić information content (AvgIpc) is 2.83. The molecule has 1 fully saturated rings. The molecule has 42 heavy (non-hydrogen) atoms. The molecule has 0 radical (unpaired) electrons. The van der Waals surface area contributed by atoms with Gasteiger partial charge in [0.1, 0.15) is 24.4 Å². The molecule has 1 saturated heterocycles. The summed E-state index contributed by atoms with van der Waals surface area (Å²) in [6.45, 7) is 40.8. The van der Waals surface area contributed by atoms with Gasteiger partial charge in [-0.2, -0.15) is 0 Å². The van der Waals surface area contributed by atoms with Crippen LogP contribution in [0.15, 0.2) is 0 Å². The molecule has 9 heteroatoms. The van der Waals surface area contributed by atoms with E-state index in [9.17, 15) is 10.2 Å². The summed E-state index contributed by atoms with van der Waals surface area (Å²) in [6.07, 6.45) is -3.68. The van der Waals surface area contributed by atoms with Crippen molar-refractivity contribution in [3.63, 3.8) is 0 Å². The maximum Gasteiger partial charge on any atom is 0.201 e. The lowest BCUT2D eigenvalue weighted by atomic mass is 9.99. The first-order valence-electron chi connectivity index (χ1n) is 17.1. The third-order valence-corrected chi connectivity index (χ3v) is 29.2. The lowest BCUT2D eigenvalue weighted by Crippen LogP contribution is -2.69. The van der Waals surface area contributed by atoms with E-state index in [0.717, 1.165) is 0 Å². The minimum atomic E-state index is -2.46. The SMILES string of the molecule is CC(C)[Si](O[C@H]1[C@H](O[Si](C(C)C)(C(C)C)C(C)C)[C@@H](O[Si](C(C)C)(C(C)C)C(C)C)C(O)O[C@@H]1CO)(C(C)C)C(C)C. The minimum absolute atomic E-state index is 0.242. The van der Waals surface area contributed by atoms with Crippen LogP contribution in [0.5, 0.6) is 0 Å². The summed E-state index contributed by atoms with van der Waals surface area (Å²) in [5, 5.41) is 22.5. The minimum Gasteiger partial charge on any atom is -0.408 e. The second-order valence-corrected chi connectivity index (χ2v) is 32.2. The van der Waals surface area contributed by atoms with Crippen molar-refractivity contribution in [1.82, 2.24) is 0 Å². The highest BCUT2D eigenvalue weighted by atomic mass is 28.4. The molecular weight excluding hydrogens is 577 g/mol. The van der Waals surface area contributed by atoms with Gasteiger partial charge in [-0.1, -0.05) is 125 Å². The number of ether oxygens (including phenoxy) is 1. The van der Waals surface area contributed by atoms with E-state index in [4.69, 9.17) is 18.0 Å². The van der Waals surface area contributed by atoms with Gasteiger partial charge in [-0.3, -0.25) is 0 Å². The van der Waals surface area contributed by atoms with Gasteiger partial charge < -0.3 is 28.2 Å². The summed E-state index contributed by atoms with van der Waals surface area (Å²) < 4.78 is 28.9. The highest BCUT2D eigenvalue weighted by molar-refractivity contribution is 6.79. The second kappa shape index (κ2) is 15.8. The molecule has 0 amide bonds. The van der Waals surface area contributed by atoms with Crippen LogP contribution in [0.2, 0.25) is 49.9 Å². The molecule has 252 valence electrons. The van der Waals surface area contributed by atoms with E-state index in [1.807, 2.05) is 0 Å². The quantitative estimate of drug-likeness (QED) is 0.162.